The molecule has 0 amide bonds. The fourth-order valence-corrected chi connectivity index (χ4v) is 3.15. The number of ether oxygens (including phenoxy) is 1. The number of esters is 1. The number of carbonyl (C=O) groups is 1. The third-order valence-electron chi connectivity index (χ3n) is 4.35. The molecule has 6 heteroatoms. The highest BCUT2D eigenvalue weighted by Crippen LogP contribution is 2.29. The first kappa shape index (κ1) is 16.2. The molecule has 6 nitrogen and oxygen atoms in total. The third kappa shape index (κ3) is 2.90. The highest BCUT2D eigenvalue weighted by atomic mass is 16.5. The van der Waals surface area contributed by atoms with E-state index in [4.69, 9.17) is 4.74 Å². The minimum absolute atomic E-state index is 0.0450. The van der Waals surface area contributed by atoms with Gasteiger partial charge < -0.3 is 4.74 Å². The van der Waals surface area contributed by atoms with Gasteiger partial charge in [-0.3, -0.25) is 0 Å². The van der Waals surface area contributed by atoms with Crippen molar-refractivity contribution < 1.29 is 9.53 Å². The average Bonchev–Trinajstić information content (AvgIpc) is 3.11. The molecule has 4 rings (SSSR count). The molecule has 0 saturated carbocycles. The first-order valence-corrected chi connectivity index (χ1v) is 8.60. The Bertz CT molecular complexity index is 1030. The van der Waals surface area contributed by atoms with Crippen molar-refractivity contribution in [1.82, 2.24) is 20.2 Å². The molecule has 0 bridgehead atoms. The van der Waals surface area contributed by atoms with E-state index in [0.29, 0.717) is 17.9 Å². The molecule has 0 saturated heterocycles. The molecule has 1 heterocycles. The van der Waals surface area contributed by atoms with Gasteiger partial charge in [0.1, 0.15) is 0 Å². The van der Waals surface area contributed by atoms with Crippen molar-refractivity contribution in [3.05, 3.63) is 66.0 Å². The molecule has 0 aliphatic rings. The minimum atomic E-state index is -0.371. The number of fused-ring (bicyclic) bond motifs is 2. The van der Waals surface area contributed by atoms with Gasteiger partial charge in [-0.25, -0.2) is 9.48 Å². The van der Waals surface area contributed by atoms with Gasteiger partial charge in [-0.15, -0.1) is 5.10 Å². The van der Waals surface area contributed by atoms with Crippen molar-refractivity contribution in [2.75, 3.05) is 0 Å². The van der Waals surface area contributed by atoms with Crippen LogP contribution >= 0.6 is 0 Å². The van der Waals surface area contributed by atoms with Crippen molar-refractivity contribution in [2.24, 2.45) is 0 Å². The van der Waals surface area contributed by atoms with Crippen LogP contribution in [0.3, 0.4) is 0 Å². The van der Waals surface area contributed by atoms with Crippen LogP contribution in [0.4, 0.5) is 0 Å². The Balaban J connectivity index is 1.72. The largest absolute Gasteiger partial charge is 0.454 e. The van der Waals surface area contributed by atoms with Gasteiger partial charge in [-0.1, -0.05) is 55.5 Å². The van der Waals surface area contributed by atoms with Gasteiger partial charge in [0, 0.05) is 6.54 Å². The normalized spacial score (nSPS) is 11.1. The monoisotopic (exact) mass is 346 g/mol. The van der Waals surface area contributed by atoms with Crippen LogP contribution in [0, 0.1) is 0 Å². The lowest BCUT2D eigenvalue weighted by Gasteiger charge is -2.11. The van der Waals surface area contributed by atoms with Crippen LogP contribution in [0.1, 0.15) is 29.5 Å². The summed E-state index contributed by atoms with van der Waals surface area (Å²) in [6.45, 7) is 2.78. The van der Waals surface area contributed by atoms with Gasteiger partial charge in [-0.2, -0.15) is 0 Å². The van der Waals surface area contributed by atoms with Gasteiger partial charge in [0.05, 0.1) is 5.56 Å². The molecule has 130 valence electrons. The molecule has 0 aliphatic carbocycles. The summed E-state index contributed by atoms with van der Waals surface area (Å²) < 4.78 is 7.23. The second-order valence-electron chi connectivity index (χ2n) is 6.09. The molecule has 0 spiro atoms. The SMILES string of the molecule is CCCn1nnnc1COC(=O)c1c2ccccc2cc2ccccc12. The number of hydrogen-bond acceptors (Lipinski definition) is 5. The van der Waals surface area contributed by atoms with E-state index in [1.165, 1.54) is 0 Å². The Morgan fingerprint density at radius 3 is 2.35 bits per heavy atom. The molecule has 0 atom stereocenters. The second kappa shape index (κ2) is 6.92. The number of tetrazole rings is 1. The Morgan fingerprint density at radius 2 is 1.69 bits per heavy atom. The van der Waals surface area contributed by atoms with Gasteiger partial charge in [0.2, 0.25) is 0 Å². The summed E-state index contributed by atoms with van der Waals surface area (Å²) in [4.78, 5) is 12.9. The summed E-state index contributed by atoms with van der Waals surface area (Å²) >= 11 is 0. The zero-order chi connectivity index (χ0) is 17.9. The van der Waals surface area contributed by atoms with Crippen molar-refractivity contribution in [1.29, 1.82) is 0 Å². The molecule has 0 aliphatic heterocycles. The van der Waals surface area contributed by atoms with Crippen LogP contribution in [-0.2, 0) is 17.9 Å². The van der Waals surface area contributed by atoms with Crippen LogP contribution < -0.4 is 0 Å². The van der Waals surface area contributed by atoms with E-state index in [2.05, 4.69) is 21.6 Å². The maximum absolute atomic E-state index is 12.9. The summed E-state index contributed by atoms with van der Waals surface area (Å²) in [5, 5.41) is 15.3. The molecule has 4 aromatic rings. The summed E-state index contributed by atoms with van der Waals surface area (Å²) in [6.07, 6.45) is 0.903. The van der Waals surface area contributed by atoms with Crippen molar-refractivity contribution in [2.45, 2.75) is 26.5 Å². The van der Waals surface area contributed by atoms with Crippen LogP contribution in [0.2, 0.25) is 0 Å². The standard InChI is InChI=1S/C20H18N4O2/c1-2-11-24-18(21-22-23-24)13-26-20(25)19-16-9-5-3-7-14(16)12-15-8-4-6-10-17(15)19/h3-10,12H,2,11,13H2,1H3. The van der Waals surface area contributed by atoms with E-state index in [-0.39, 0.29) is 12.6 Å². The van der Waals surface area contributed by atoms with Crippen LogP contribution in [0.15, 0.2) is 54.6 Å². The quantitative estimate of drug-likeness (QED) is 0.407. The van der Waals surface area contributed by atoms with Crippen LogP contribution in [0.5, 0.6) is 0 Å². The molecule has 3 aromatic carbocycles. The smallest absolute Gasteiger partial charge is 0.339 e. The van der Waals surface area contributed by atoms with Crippen molar-refractivity contribution in [3.8, 4) is 0 Å². The topological polar surface area (TPSA) is 69.9 Å². The maximum atomic E-state index is 12.9. The van der Waals surface area contributed by atoms with Crippen LogP contribution in [0.25, 0.3) is 21.5 Å². The lowest BCUT2D eigenvalue weighted by atomic mass is 9.97. The first-order valence-electron chi connectivity index (χ1n) is 8.60. The van der Waals surface area contributed by atoms with Gasteiger partial charge in [0.15, 0.2) is 12.4 Å². The van der Waals surface area contributed by atoms with Gasteiger partial charge >= 0.3 is 5.97 Å². The molecule has 0 radical (unpaired) electrons. The number of nitrogens with zero attached hydrogens (tertiary/aromatic N) is 4. The van der Waals surface area contributed by atoms with Crippen LogP contribution in [-0.4, -0.2) is 26.2 Å². The zero-order valence-electron chi connectivity index (χ0n) is 14.4. The summed E-state index contributed by atoms with van der Waals surface area (Å²) in [7, 11) is 0. The average molecular weight is 346 g/mol. The summed E-state index contributed by atoms with van der Waals surface area (Å²) in [5.74, 6) is 0.175. The third-order valence-corrected chi connectivity index (χ3v) is 4.35. The Labute approximate surface area is 150 Å². The summed E-state index contributed by atoms with van der Waals surface area (Å²) in [6, 6.07) is 17.8. The predicted molar refractivity (Wildman–Crippen MR) is 98.7 cm³/mol. The fourth-order valence-electron chi connectivity index (χ4n) is 3.15. The van der Waals surface area contributed by atoms with E-state index in [9.17, 15) is 4.79 Å². The number of rotatable bonds is 5. The number of aromatic nitrogens is 4. The molecule has 0 N–H and O–H groups in total. The summed E-state index contributed by atoms with van der Waals surface area (Å²) in [5.41, 5.74) is 0.577. The zero-order valence-corrected chi connectivity index (χ0v) is 14.4. The first-order chi connectivity index (χ1) is 12.8. The highest BCUT2D eigenvalue weighted by molar-refractivity contribution is 6.16. The maximum Gasteiger partial charge on any atom is 0.339 e. The van der Waals surface area contributed by atoms with E-state index >= 15 is 0 Å². The Hall–Kier alpha value is -3.28. The fraction of sp³-hybridized carbons (Fsp3) is 0.200. The Morgan fingerprint density at radius 1 is 1.04 bits per heavy atom. The molecular formula is C20H18N4O2. The number of aryl methyl sites for hydroxylation is 1. The minimum Gasteiger partial charge on any atom is -0.454 e. The highest BCUT2D eigenvalue weighted by Gasteiger charge is 2.17. The Kier molecular flexibility index (Phi) is 4.31. The number of benzene rings is 3. The van der Waals surface area contributed by atoms with E-state index in [1.54, 1.807) is 4.68 Å². The molecular weight excluding hydrogens is 328 g/mol. The van der Waals surface area contributed by atoms with Gasteiger partial charge in [0.25, 0.3) is 0 Å². The lowest BCUT2D eigenvalue weighted by Crippen LogP contribution is -2.11. The van der Waals surface area contributed by atoms with Crippen molar-refractivity contribution in [3.63, 3.8) is 0 Å². The number of carbonyl (C=O) groups excluding carboxylic acids is 1. The van der Waals surface area contributed by atoms with E-state index in [1.807, 2.05) is 55.5 Å². The molecule has 26 heavy (non-hydrogen) atoms. The predicted octanol–water partition coefficient (Wildman–Crippen LogP) is 3.75. The lowest BCUT2D eigenvalue weighted by molar-refractivity contribution is 0.0461. The van der Waals surface area contributed by atoms with E-state index in [0.717, 1.165) is 28.0 Å². The molecule has 1 aromatic heterocycles. The number of hydrogen-bond donors (Lipinski definition) is 0. The van der Waals surface area contributed by atoms with Crippen molar-refractivity contribution >= 4 is 27.5 Å². The van der Waals surface area contributed by atoms with Gasteiger partial charge in [-0.05, 0) is 44.5 Å². The molecule has 0 unspecified atom stereocenters. The second-order valence-corrected chi connectivity index (χ2v) is 6.09. The van der Waals surface area contributed by atoms with E-state index < -0.39 is 0 Å². The molecule has 0 fully saturated rings.